The Balaban J connectivity index is 2.42. The lowest BCUT2D eigenvalue weighted by Crippen LogP contribution is -2.15. The van der Waals surface area contributed by atoms with Crippen LogP contribution in [0.15, 0.2) is 36.4 Å². The minimum Gasteiger partial charge on any atom is -0.323 e. The van der Waals surface area contributed by atoms with Crippen molar-refractivity contribution in [2.75, 3.05) is 13.6 Å². The van der Waals surface area contributed by atoms with Crippen molar-refractivity contribution in [1.29, 1.82) is 5.26 Å². The zero-order valence-corrected chi connectivity index (χ0v) is 10.5. The molecule has 0 saturated heterocycles. The van der Waals surface area contributed by atoms with Gasteiger partial charge in [-0.25, -0.2) is 4.98 Å². The molecule has 0 saturated carbocycles. The maximum atomic E-state index is 8.87. The van der Waals surface area contributed by atoms with Gasteiger partial charge in [-0.1, -0.05) is 18.7 Å². The summed E-state index contributed by atoms with van der Waals surface area (Å²) >= 11 is 0. The summed E-state index contributed by atoms with van der Waals surface area (Å²) in [5.41, 5.74) is 3.06. The summed E-state index contributed by atoms with van der Waals surface area (Å²) in [5, 5.41) is 11.9. The summed E-state index contributed by atoms with van der Waals surface area (Å²) in [4.78, 5) is 4.49. The van der Waals surface area contributed by atoms with Crippen LogP contribution in [0.1, 0.15) is 5.82 Å². The van der Waals surface area contributed by atoms with Crippen molar-refractivity contribution in [2.24, 2.45) is 0 Å². The molecule has 4 nitrogen and oxygen atoms in total. The third-order valence-corrected chi connectivity index (χ3v) is 2.78. The first-order chi connectivity index (χ1) is 8.76. The van der Waals surface area contributed by atoms with Gasteiger partial charge in [-0.3, -0.25) is 0 Å². The van der Waals surface area contributed by atoms with E-state index >= 15 is 0 Å². The summed E-state index contributed by atoms with van der Waals surface area (Å²) in [5.74, 6) is 0.802. The molecule has 2 rings (SSSR count). The molecule has 0 aliphatic carbocycles. The van der Waals surface area contributed by atoms with Gasteiger partial charge in [-0.2, -0.15) is 5.26 Å². The topological polar surface area (TPSA) is 53.6 Å². The average molecular weight is 240 g/mol. The zero-order chi connectivity index (χ0) is 13.0. The number of nitriles is 1. The van der Waals surface area contributed by atoms with E-state index in [2.05, 4.69) is 27.5 Å². The number of para-hydroxylation sites is 2. The minimum atomic E-state index is 0.321. The van der Waals surface area contributed by atoms with Crippen molar-refractivity contribution in [3.8, 4) is 6.07 Å². The van der Waals surface area contributed by atoms with Gasteiger partial charge in [-0.05, 0) is 24.8 Å². The third-order valence-electron chi connectivity index (χ3n) is 2.78. The molecular formula is C14H16N4. The van der Waals surface area contributed by atoms with Gasteiger partial charge in [0.2, 0.25) is 0 Å². The molecule has 0 atom stereocenters. The predicted molar refractivity (Wildman–Crippen MR) is 72.1 cm³/mol. The highest BCUT2D eigenvalue weighted by Gasteiger charge is 2.10. The predicted octanol–water partition coefficient (Wildman–Crippen LogP) is 1.88. The number of aromatic nitrogens is 2. The maximum Gasteiger partial charge on any atom is 0.124 e. The van der Waals surface area contributed by atoms with E-state index in [-0.39, 0.29) is 0 Å². The summed E-state index contributed by atoms with van der Waals surface area (Å²) in [7, 11) is 1.90. The molecule has 0 aliphatic rings. The van der Waals surface area contributed by atoms with E-state index in [1.165, 1.54) is 0 Å². The number of fused-ring (bicyclic) bond motifs is 1. The highest BCUT2D eigenvalue weighted by molar-refractivity contribution is 5.76. The van der Waals surface area contributed by atoms with Crippen LogP contribution in [0.3, 0.4) is 0 Å². The molecule has 0 fully saturated rings. The van der Waals surface area contributed by atoms with Crippen LogP contribution in [-0.4, -0.2) is 23.1 Å². The number of nitrogens with one attached hydrogen (secondary N) is 1. The molecule has 0 aliphatic heterocycles. The second-order valence-electron chi connectivity index (χ2n) is 4.22. The molecule has 0 spiro atoms. The number of imidazole rings is 1. The van der Waals surface area contributed by atoms with E-state index in [4.69, 9.17) is 5.26 Å². The molecule has 2 aromatic rings. The first kappa shape index (κ1) is 12.3. The molecule has 92 valence electrons. The fourth-order valence-electron chi connectivity index (χ4n) is 2.04. The molecule has 1 heterocycles. The molecule has 0 unspecified atom stereocenters. The normalized spacial score (nSPS) is 10.4. The zero-order valence-electron chi connectivity index (χ0n) is 10.5. The van der Waals surface area contributed by atoms with Crippen molar-refractivity contribution >= 4 is 11.0 Å². The Morgan fingerprint density at radius 2 is 2.28 bits per heavy atom. The van der Waals surface area contributed by atoms with Crippen molar-refractivity contribution in [3.05, 3.63) is 42.2 Å². The maximum absolute atomic E-state index is 8.87. The Labute approximate surface area is 107 Å². The fraction of sp³-hybridized carbons (Fsp3) is 0.286. The van der Waals surface area contributed by atoms with Gasteiger partial charge in [0.15, 0.2) is 0 Å². The van der Waals surface area contributed by atoms with Crippen LogP contribution in [0.25, 0.3) is 11.0 Å². The van der Waals surface area contributed by atoms with Gasteiger partial charge in [0.1, 0.15) is 5.82 Å². The lowest BCUT2D eigenvalue weighted by atomic mass is 10.2. The number of hydrogen-bond acceptors (Lipinski definition) is 3. The van der Waals surface area contributed by atoms with Crippen LogP contribution in [-0.2, 0) is 13.0 Å². The molecule has 1 aromatic heterocycles. The highest BCUT2D eigenvalue weighted by atomic mass is 15.1. The van der Waals surface area contributed by atoms with Crippen molar-refractivity contribution in [1.82, 2.24) is 14.9 Å². The van der Waals surface area contributed by atoms with E-state index < -0.39 is 0 Å². The SMILES string of the molecule is C=C(CNC)Cn1c(CC#N)nc2ccccc21. The molecule has 1 aromatic carbocycles. The minimum absolute atomic E-state index is 0.321. The summed E-state index contributed by atoms with van der Waals surface area (Å²) in [6.45, 7) is 5.49. The average Bonchev–Trinajstić information content (AvgIpc) is 2.69. The number of likely N-dealkylation sites (N-methyl/N-ethyl adjacent to an activating group) is 1. The van der Waals surface area contributed by atoms with Gasteiger partial charge in [0.25, 0.3) is 0 Å². The van der Waals surface area contributed by atoms with E-state index in [9.17, 15) is 0 Å². The van der Waals surface area contributed by atoms with Gasteiger partial charge in [0, 0.05) is 13.1 Å². The van der Waals surface area contributed by atoms with Crippen LogP contribution in [0.5, 0.6) is 0 Å². The van der Waals surface area contributed by atoms with Crippen LogP contribution in [0.2, 0.25) is 0 Å². The Morgan fingerprint density at radius 3 is 3.00 bits per heavy atom. The van der Waals surface area contributed by atoms with Crippen LogP contribution >= 0.6 is 0 Å². The van der Waals surface area contributed by atoms with E-state index in [0.29, 0.717) is 13.0 Å². The second-order valence-corrected chi connectivity index (χ2v) is 4.22. The van der Waals surface area contributed by atoms with E-state index in [1.54, 1.807) is 0 Å². The Kier molecular flexibility index (Phi) is 3.75. The first-order valence-electron chi connectivity index (χ1n) is 5.88. The highest BCUT2D eigenvalue weighted by Crippen LogP contribution is 2.17. The molecule has 0 bridgehead atoms. The van der Waals surface area contributed by atoms with E-state index in [1.807, 2.05) is 31.3 Å². The Morgan fingerprint density at radius 1 is 1.50 bits per heavy atom. The largest absolute Gasteiger partial charge is 0.323 e. The van der Waals surface area contributed by atoms with E-state index in [0.717, 1.165) is 29.0 Å². The number of rotatable bonds is 5. The lowest BCUT2D eigenvalue weighted by Gasteiger charge is -2.09. The van der Waals surface area contributed by atoms with Gasteiger partial charge >= 0.3 is 0 Å². The van der Waals surface area contributed by atoms with Crippen LogP contribution < -0.4 is 5.32 Å². The lowest BCUT2D eigenvalue weighted by molar-refractivity contribution is 0.721. The van der Waals surface area contributed by atoms with Gasteiger partial charge < -0.3 is 9.88 Å². The Hall–Kier alpha value is -2.12. The molecule has 1 N–H and O–H groups in total. The van der Waals surface area contributed by atoms with Crippen LogP contribution in [0, 0.1) is 11.3 Å². The number of benzene rings is 1. The summed E-state index contributed by atoms with van der Waals surface area (Å²) in [6.07, 6.45) is 0.321. The molecule has 0 radical (unpaired) electrons. The quantitative estimate of drug-likeness (QED) is 0.812. The molecule has 18 heavy (non-hydrogen) atoms. The second kappa shape index (κ2) is 5.48. The molecule has 4 heteroatoms. The monoisotopic (exact) mass is 240 g/mol. The standard InChI is InChI=1S/C14H16N4/c1-11(9-16-2)10-18-13-6-4-3-5-12(13)17-14(18)7-8-15/h3-6,16H,1,7,9-10H2,2H3. The number of nitrogens with zero attached hydrogens (tertiary/aromatic N) is 3. The molecule has 0 amide bonds. The number of hydrogen-bond donors (Lipinski definition) is 1. The molecular weight excluding hydrogens is 224 g/mol. The smallest absolute Gasteiger partial charge is 0.124 e. The first-order valence-corrected chi connectivity index (χ1v) is 5.88. The fourth-order valence-corrected chi connectivity index (χ4v) is 2.04. The summed E-state index contributed by atoms with van der Waals surface area (Å²) in [6, 6.07) is 10.1. The van der Waals surface area contributed by atoms with Crippen molar-refractivity contribution < 1.29 is 0 Å². The van der Waals surface area contributed by atoms with Gasteiger partial charge in [-0.15, -0.1) is 0 Å². The van der Waals surface area contributed by atoms with Crippen molar-refractivity contribution in [2.45, 2.75) is 13.0 Å². The third kappa shape index (κ3) is 2.41. The Bertz CT molecular complexity index is 604. The van der Waals surface area contributed by atoms with Crippen LogP contribution in [0.4, 0.5) is 0 Å². The van der Waals surface area contributed by atoms with Crippen molar-refractivity contribution in [3.63, 3.8) is 0 Å². The summed E-state index contributed by atoms with van der Waals surface area (Å²) < 4.78 is 2.07. The van der Waals surface area contributed by atoms with Gasteiger partial charge in [0.05, 0.1) is 23.5 Å².